The third-order valence-corrected chi connectivity index (χ3v) is 4.70. The Bertz CT molecular complexity index is 988. The molecule has 134 valence electrons. The molecule has 26 heavy (non-hydrogen) atoms. The van der Waals surface area contributed by atoms with Crippen LogP contribution in [-0.4, -0.2) is 23.3 Å². The van der Waals surface area contributed by atoms with Crippen molar-refractivity contribution in [3.05, 3.63) is 64.8 Å². The first-order valence-corrected chi connectivity index (χ1v) is 8.62. The summed E-state index contributed by atoms with van der Waals surface area (Å²) in [5, 5.41) is 1.03. The summed E-state index contributed by atoms with van der Waals surface area (Å²) in [7, 11) is 0. The van der Waals surface area contributed by atoms with Crippen molar-refractivity contribution in [2.75, 3.05) is 11.4 Å². The fourth-order valence-corrected chi connectivity index (χ4v) is 3.12. The predicted molar refractivity (Wildman–Crippen MR) is 104 cm³/mol. The van der Waals surface area contributed by atoms with Crippen LogP contribution in [-0.2, 0) is 4.79 Å². The van der Waals surface area contributed by atoms with Gasteiger partial charge in [-0.1, -0.05) is 12.1 Å². The van der Waals surface area contributed by atoms with Crippen LogP contribution in [0.2, 0.25) is 0 Å². The Morgan fingerprint density at radius 3 is 2.54 bits per heavy atom. The number of anilines is 1. The van der Waals surface area contributed by atoms with Crippen molar-refractivity contribution >= 4 is 28.4 Å². The number of primary amides is 1. The Balaban J connectivity index is 2.01. The molecule has 1 heterocycles. The monoisotopic (exact) mass is 349 g/mol. The highest BCUT2D eigenvalue weighted by molar-refractivity contribution is 6.08. The maximum absolute atomic E-state index is 13.2. The summed E-state index contributed by atoms with van der Waals surface area (Å²) < 4.78 is 0. The molecule has 0 unspecified atom stereocenters. The maximum Gasteiger partial charge on any atom is 0.258 e. The van der Waals surface area contributed by atoms with Gasteiger partial charge in [-0.2, -0.15) is 0 Å². The fourth-order valence-electron chi connectivity index (χ4n) is 3.12. The Kier molecular flexibility index (Phi) is 4.80. The van der Waals surface area contributed by atoms with Crippen molar-refractivity contribution in [3.63, 3.8) is 0 Å². The van der Waals surface area contributed by atoms with Gasteiger partial charge in [-0.15, -0.1) is 0 Å². The van der Waals surface area contributed by atoms with Crippen LogP contribution in [0.3, 0.4) is 0 Å². The normalized spacial score (nSPS) is 10.9. The minimum absolute atomic E-state index is 0.115. The van der Waals surface area contributed by atoms with E-state index in [1.807, 2.05) is 63.2 Å². The van der Waals surface area contributed by atoms with Crippen LogP contribution >= 0.6 is 0 Å². The zero-order chi connectivity index (χ0) is 18.8. The van der Waals surface area contributed by atoms with E-state index in [4.69, 9.17) is 5.73 Å². The SMILES string of the molecule is Cc1cccc(N(CCC(N)=O)C(=O)c2ccc3[nH]c(C)c(C)c3c2)c1. The number of hydrogen-bond donors (Lipinski definition) is 2. The molecule has 2 aromatic carbocycles. The van der Waals surface area contributed by atoms with E-state index >= 15 is 0 Å². The molecule has 0 aliphatic heterocycles. The molecule has 0 bridgehead atoms. The number of nitrogens with two attached hydrogens (primary N) is 1. The summed E-state index contributed by atoms with van der Waals surface area (Å²) in [6, 6.07) is 13.3. The number of hydrogen-bond acceptors (Lipinski definition) is 2. The van der Waals surface area contributed by atoms with Gasteiger partial charge in [0.05, 0.1) is 0 Å². The van der Waals surface area contributed by atoms with Crippen LogP contribution in [0.5, 0.6) is 0 Å². The molecular formula is C21H23N3O2. The molecular weight excluding hydrogens is 326 g/mol. The molecule has 3 rings (SSSR count). The molecule has 5 heteroatoms. The third-order valence-electron chi connectivity index (χ3n) is 4.70. The summed E-state index contributed by atoms with van der Waals surface area (Å²) in [5.41, 5.74) is 10.9. The molecule has 3 aromatic rings. The van der Waals surface area contributed by atoms with E-state index < -0.39 is 5.91 Å². The van der Waals surface area contributed by atoms with Gasteiger partial charge in [0.1, 0.15) is 0 Å². The van der Waals surface area contributed by atoms with Crippen LogP contribution in [0.1, 0.15) is 33.6 Å². The van der Waals surface area contributed by atoms with Crippen LogP contribution in [0.25, 0.3) is 10.9 Å². The van der Waals surface area contributed by atoms with Gasteiger partial charge in [-0.05, 0) is 62.2 Å². The number of aryl methyl sites for hydroxylation is 3. The average molecular weight is 349 g/mol. The molecule has 5 nitrogen and oxygen atoms in total. The van der Waals surface area contributed by atoms with Gasteiger partial charge in [0.25, 0.3) is 5.91 Å². The molecule has 0 aliphatic carbocycles. The Hall–Kier alpha value is -3.08. The van der Waals surface area contributed by atoms with E-state index in [1.165, 1.54) is 0 Å². The summed E-state index contributed by atoms with van der Waals surface area (Å²) in [6.07, 6.45) is 0.115. The zero-order valence-electron chi connectivity index (χ0n) is 15.3. The molecule has 0 fully saturated rings. The van der Waals surface area contributed by atoms with Crippen molar-refractivity contribution in [3.8, 4) is 0 Å². The van der Waals surface area contributed by atoms with Gasteiger partial charge in [-0.25, -0.2) is 0 Å². The minimum Gasteiger partial charge on any atom is -0.370 e. The van der Waals surface area contributed by atoms with Gasteiger partial charge >= 0.3 is 0 Å². The van der Waals surface area contributed by atoms with Crippen molar-refractivity contribution in [1.82, 2.24) is 4.98 Å². The van der Waals surface area contributed by atoms with E-state index in [9.17, 15) is 9.59 Å². The number of aromatic amines is 1. The molecule has 0 saturated heterocycles. The molecule has 1 aromatic heterocycles. The molecule has 0 aliphatic rings. The second-order valence-corrected chi connectivity index (χ2v) is 6.65. The number of aromatic nitrogens is 1. The highest BCUT2D eigenvalue weighted by Crippen LogP contribution is 2.25. The number of amides is 2. The average Bonchev–Trinajstić information content (AvgIpc) is 2.88. The number of benzene rings is 2. The van der Waals surface area contributed by atoms with Crippen molar-refractivity contribution in [1.29, 1.82) is 0 Å². The van der Waals surface area contributed by atoms with Gasteiger partial charge in [-0.3, -0.25) is 9.59 Å². The molecule has 3 N–H and O–H groups in total. The van der Waals surface area contributed by atoms with Crippen molar-refractivity contribution < 1.29 is 9.59 Å². The lowest BCUT2D eigenvalue weighted by Crippen LogP contribution is -2.34. The predicted octanol–water partition coefficient (Wildman–Crippen LogP) is 3.62. The molecule has 0 spiro atoms. The zero-order valence-corrected chi connectivity index (χ0v) is 15.3. The lowest BCUT2D eigenvalue weighted by molar-refractivity contribution is -0.117. The van der Waals surface area contributed by atoms with E-state index in [0.29, 0.717) is 5.56 Å². The minimum atomic E-state index is -0.428. The van der Waals surface area contributed by atoms with Crippen LogP contribution in [0, 0.1) is 20.8 Å². The third kappa shape index (κ3) is 3.47. The number of nitrogens with zero attached hydrogens (tertiary/aromatic N) is 1. The van der Waals surface area contributed by atoms with Crippen LogP contribution < -0.4 is 10.6 Å². The summed E-state index contributed by atoms with van der Waals surface area (Å²) in [6.45, 7) is 6.27. The van der Waals surface area contributed by atoms with Gasteiger partial charge in [0, 0.05) is 40.8 Å². The number of nitrogens with one attached hydrogen (secondary N) is 1. The Morgan fingerprint density at radius 2 is 1.85 bits per heavy atom. The first-order chi connectivity index (χ1) is 12.4. The van der Waals surface area contributed by atoms with E-state index in [-0.39, 0.29) is 18.9 Å². The first kappa shape index (κ1) is 17.7. The van der Waals surface area contributed by atoms with E-state index in [0.717, 1.165) is 33.4 Å². The van der Waals surface area contributed by atoms with E-state index in [2.05, 4.69) is 4.98 Å². The number of carbonyl (C=O) groups excluding carboxylic acids is 2. The lowest BCUT2D eigenvalue weighted by atomic mass is 10.1. The first-order valence-electron chi connectivity index (χ1n) is 8.62. The lowest BCUT2D eigenvalue weighted by Gasteiger charge is -2.23. The summed E-state index contributed by atoms with van der Waals surface area (Å²) in [4.78, 5) is 29.4. The van der Waals surface area contributed by atoms with Crippen molar-refractivity contribution in [2.24, 2.45) is 5.73 Å². The standard InChI is InChI=1S/C21H23N3O2/c1-13-5-4-6-17(11-13)24(10-9-20(22)25)21(26)16-7-8-19-18(12-16)14(2)15(3)23-19/h4-8,11-12,23H,9-10H2,1-3H3,(H2,22,25). The smallest absolute Gasteiger partial charge is 0.258 e. The molecule has 0 radical (unpaired) electrons. The second kappa shape index (κ2) is 7.04. The number of H-pyrrole nitrogens is 1. The van der Waals surface area contributed by atoms with Crippen LogP contribution in [0.15, 0.2) is 42.5 Å². The largest absolute Gasteiger partial charge is 0.370 e. The number of carbonyl (C=O) groups is 2. The quantitative estimate of drug-likeness (QED) is 0.738. The molecule has 0 saturated carbocycles. The maximum atomic E-state index is 13.2. The van der Waals surface area contributed by atoms with Gasteiger partial charge < -0.3 is 15.6 Å². The van der Waals surface area contributed by atoms with Crippen LogP contribution in [0.4, 0.5) is 5.69 Å². The number of fused-ring (bicyclic) bond motifs is 1. The highest BCUT2D eigenvalue weighted by Gasteiger charge is 2.19. The molecule has 2 amide bonds. The van der Waals surface area contributed by atoms with Gasteiger partial charge in [0.2, 0.25) is 5.91 Å². The Labute approximate surface area is 152 Å². The van der Waals surface area contributed by atoms with Gasteiger partial charge in [0.15, 0.2) is 0 Å². The summed E-state index contributed by atoms with van der Waals surface area (Å²) >= 11 is 0. The Morgan fingerprint density at radius 1 is 1.08 bits per heavy atom. The fraction of sp³-hybridized carbons (Fsp3) is 0.238. The molecule has 0 atom stereocenters. The summed E-state index contributed by atoms with van der Waals surface area (Å²) in [5.74, 6) is -0.569. The highest BCUT2D eigenvalue weighted by atomic mass is 16.2. The topological polar surface area (TPSA) is 79.2 Å². The van der Waals surface area contributed by atoms with E-state index in [1.54, 1.807) is 4.90 Å². The van der Waals surface area contributed by atoms with Crippen molar-refractivity contribution in [2.45, 2.75) is 27.2 Å². The number of rotatable bonds is 5. The second-order valence-electron chi connectivity index (χ2n) is 6.65.